The molecule has 3 heteroatoms. The predicted molar refractivity (Wildman–Crippen MR) is 101 cm³/mol. The van der Waals surface area contributed by atoms with Gasteiger partial charge in [0.15, 0.2) is 0 Å². The van der Waals surface area contributed by atoms with E-state index >= 15 is 0 Å². The second-order valence-corrected chi connectivity index (χ2v) is 9.37. The van der Waals surface area contributed by atoms with Gasteiger partial charge in [0, 0.05) is 22.8 Å². The number of Topliss-reactive ketones (excluding diaryl/α,β-unsaturated/α-hetero) is 1. The molecule has 2 aliphatic carbocycles. The minimum atomic E-state index is -0.274. The van der Waals surface area contributed by atoms with Crippen molar-refractivity contribution in [1.82, 2.24) is 0 Å². The summed E-state index contributed by atoms with van der Waals surface area (Å²) >= 11 is 1.89. The monoisotopic (exact) mass is 346 g/mol. The smallest absolute Gasteiger partial charge is 0.140 e. The van der Waals surface area contributed by atoms with Crippen molar-refractivity contribution in [1.29, 1.82) is 0 Å². The van der Waals surface area contributed by atoms with Crippen LogP contribution in [0.1, 0.15) is 63.7 Å². The Morgan fingerprint density at radius 3 is 2.54 bits per heavy atom. The number of rotatable bonds is 7. The maximum absolute atomic E-state index is 12.7. The van der Waals surface area contributed by atoms with Gasteiger partial charge in [-0.05, 0) is 42.6 Å². The Morgan fingerprint density at radius 2 is 2.00 bits per heavy atom. The van der Waals surface area contributed by atoms with Crippen LogP contribution in [0.2, 0.25) is 0 Å². The SMILES string of the molecule is CC[C@H](O)C[C@@H](SC[C@]12CC[C@H](CC1=O)C2(C)C)c1ccccc1. The Kier molecular flexibility index (Phi) is 5.13. The number of benzene rings is 1. The van der Waals surface area contributed by atoms with Gasteiger partial charge in [-0.25, -0.2) is 0 Å². The van der Waals surface area contributed by atoms with Crippen molar-refractivity contribution in [3.8, 4) is 0 Å². The Labute approximate surface area is 150 Å². The van der Waals surface area contributed by atoms with E-state index in [1.807, 2.05) is 24.8 Å². The lowest BCUT2D eigenvalue weighted by molar-refractivity contribution is -0.127. The fourth-order valence-electron chi connectivity index (χ4n) is 4.73. The number of thioether (sulfide) groups is 1. The van der Waals surface area contributed by atoms with Crippen LogP contribution in [0.4, 0.5) is 0 Å². The van der Waals surface area contributed by atoms with Gasteiger partial charge in [-0.1, -0.05) is 51.1 Å². The van der Waals surface area contributed by atoms with Crippen molar-refractivity contribution in [2.75, 3.05) is 5.75 Å². The zero-order valence-corrected chi connectivity index (χ0v) is 15.9. The summed E-state index contributed by atoms with van der Waals surface area (Å²) in [5.41, 5.74) is 1.25. The lowest BCUT2D eigenvalue weighted by Crippen LogP contribution is -2.38. The molecule has 0 heterocycles. The van der Waals surface area contributed by atoms with Crippen LogP contribution >= 0.6 is 11.8 Å². The first-order chi connectivity index (χ1) is 11.4. The van der Waals surface area contributed by atoms with Crippen LogP contribution < -0.4 is 0 Å². The first-order valence-electron chi connectivity index (χ1n) is 9.28. The Balaban J connectivity index is 1.77. The van der Waals surface area contributed by atoms with Gasteiger partial charge in [-0.15, -0.1) is 0 Å². The molecule has 2 bridgehead atoms. The molecule has 1 aromatic rings. The Hall–Kier alpha value is -0.800. The van der Waals surface area contributed by atoms with Gasteiger partial charge in [0.25, 0.3) is 0 Å². The maximum Gasteiger partial charge on any atom is 0.140 e. The normalized spacial score (nSPS) is 30.5. The fraction of sp³-hybridized carbons (Fsp3) is 0.667. The van der Waals surface area contributed by atoms with Crippen LogP contribution in [0.5, 0.6) is 0 Å². The van der Waals surface area contributed by atoms with Crippen molar-refractivity contribution < 1.29 is 9.90 Å². The molecule has 1 N–H and O–H groups in total. The molecule has 2 nitrogen and oxygen atoms in total. The molecule has 0 spiro atoms. The molecule has 132 valence electrons. The third-order valence-electron chi connectivity index (χ3n) is 6.80. The molecule has 2 fully saturated rings. The minimum absolute atomic E-state index is 0.127. The number of carbonyl (C=O) groups is 1. The van der Waals surface area contributed by atoms with Gasteiger partial charge >= 0.3 is 0 Å². The molecular weight excluding hydrogens is 316 g/mol. The van der Waals surface area contributed by atoms with E-state index in [-0.39, 0.29) is 22.2 Å². The quantitative estimate of drug-likeness (QED) is 0.753. The lowest BCUT2D eigenvalue weighted by atomic mass is 9.70. The summed E-state index contributed by atoms with van der Waals surface area (Å²) < 4.78 is 0. The number of ketones is 1. The van der Waals surface area contributed by atoms with Crippen molar-refractivity contribution in [2.45, 2.75) is 64.2 Å². The van der Waals surface area contributed by atoms with Gasteiger partial charge in [-0.2, -0.15) is 11.8 Å². The number of hydrogen-bond acceptors (Lipinski definition) is 3. The van der Waals surface area contributed by atoms with E-state index in [1.54, 1.807) is 0 Å². The molecular formula is C21H30O2S. The average molecular weight is 347 g/mol. The molecule has 0 aliphatic heterocycles. The molecule has 3 rings (SSSR count). The highest BCUT2D eigenvalue weighted by Gasteiger charge is 2.63. The van der Waals surface area contributed by atoms with Crippen LogP contribution in [0.25, 0.3) is 0 Å². The summed E-state index contributed by atoms with van der Waals surface area (Å²) in [6, 6.07) is 10.5. The van der Waals surface area contributed by atoms with E-state index in [1.165, 1.54) is 12.0 Å². The molecule has 4 atom stereocenters. The number of aliphatic hydroxyl groups is 1. The molecule has 0 aromatic heterocycles. The molecule has 2 saturated carbocycles. The Bertz CT molecular complexity index is 583. The molecule has 0 radical (unpaired) electrons. The maximum atomic E-state index is 12.7. The number of hydrogen-bond donors (Lipinski definition) is 1. The van der Waals surface area contributed by atoms with E-state index in [4.69, 9.17) is 0 Å². The highest BCUT2D eigenvalue weighted by Crippen LogP contribution is 2.65. The highest BCUT2D eigenvalue weighted by molar-refractivity contribution is 7.99. The van der Waals surface area contributed by atoms with E-state index in [0.29, 0.717) is 11.7 Å². The van der Waals surface area contributed by atoms with E-state index in [9.17, 15) is 9.90 Å². The molecule has 0 unspecified atom stereocenters. The van der Waals surface area contributed by atoms with Gasteiger partial charge in [0.1, 0.15) is 5.78 Å². The van der Waals surface area contributed by atoms with E-state index in [2.05, 4.69) is 38.1 Å². The molecule has 24 heavy (non-hydrogen) atoms. The average Bonchev–Trinajstić information content (AvgIpc) is 2.93. The van der Waals surface area contributed by atoms with Crippen molar-refractivity contribution in [3.05, 3.63) is 35.9 Å². The minimum Gasteiger partial charge on any atom is -0.393 e. The summed E-state index contributed by atoms with van der Waals surface area (Å²) in [4.78, 5) is 12.7. The third kappa shape index (κ3) is 2.94. The van der Waals surface area contributed by atoms with Crippen LogP contribution in [0.3, 0.4) is 0 Å². The summed E-state index contributed by atoms with van der Waals surface area (Å²) in [6.07, 6.45) is 4.30. The van der Waals surface area contributed by atoms with Gasteiger partial charge in [0.05, 0.1) is 6.10 Å². The summed E-state index contributed by atoms with van der Waals surface area (Å²) in [7, 11) is 0. The summed E-state index contributed by atoms with van der Waals surface area (Å²) in [6.45, 7) is 6.63. The summed E-state index contributed by atoms with van der Waals surface area (Å²) in [5.74, 6) is 1.95. The first-order valence-corrected chi connectivity index (χ1v) is 10.3. The van der Waals surface area contributed by atoms with Gasteiger partial charge in [0.2, 0.25) is 0 Å². The molecule has 0 amide bonds. The predicted octanol–water partition coefficient (Wildman–Crippen LogP) is 5.02. The molecule has 2 aliphatic rings. The van der Waals surface area contributed by atoms with E-state index < -0.39 is 0 Å². The van der Waals surface area contributed by atoms with Crippen molar-refractivity contribution >= 4 is 17.5 Å². The zero-order valence-electron chi connectivity index (χ0n) is 15.1. The zero-order chi connectivity index (χ0) is 17.4. The van der Waals surface area contributed by atoms with Gasteiger partial charge in [-0.3, -0.25) is 4.79 Å². The van der Waals surface area contributed by atoms with Gasteiger partial charge < -0.3 is 5.11 Å². The molecule has 0 saturated heterocycles. The van der Waals surface area contributed by atoms with Crippen LogP contribution in [-0.4, -0.2) is 22.7 Å². The molecule has 1 aromatic carbocycles. The van der Waals surface area contributed by atoms with Crippen LogP contribution in [0.15, 0.2) is 30.3 Å². The topological polar surface area (TPSA) is 37.3 Å². The fourth-order valence-corrected chi connectivity index (χ4v) is 6.60. The second-order valence-electron chi connectivity index (χ2n) is 8.17. The first kappa shape index (κ1) is 18.0. The Morgan fingerprint density at radius 1 is 1.29 bits per heavy atom. The standard InChI is InChI=1S/C21H30O2S/c1-4-17(22)13-18(15-8-6-5-7-9-15)24-14-21-11-10-16(12-19(21)23)20(21,2)3/h5-9,16-18,22H,4,10-14H2,1-3H3/t16-,17+,18-,21-/m1/s1. The number of aliphatic hydroxyl groups excluding tert-OH is 1. The van der Waals surface area contributed by atoms with Crippen molar-refractivity contribution in [3.63, 3.8) is 0 Å². The second kappa shape index (κ2) is 6.84. The number of fused-ring (bicyclic) bond motifs is 2. The number of carbonyl (C=O) groups excluding carboxylic acids is 1. The largest absolute Gasteiger partial charge is 0.393 e. The van der Waals surface area contributed by atoms with Crippen LogP contribution in [0, 0.1) is 16.7 Å². The van der Waals surface area contributed by atoms with E-state index in [0.717, 1.165) is 31.4 Å². The van der Waals surface area contributed by atoms with Crippen molar-refractivity contribution in [2.24, 2.45) is 16.7 Å². The highest BCUT2D eigenvalue weighted by atomic mass is 32.2. The summed E-state index contributed by atoms with van der Waals surface area (Å²) in [5, 5.41) is 10.4. The lowest BCUT2D eigenvalue weighted by Gasteiger charge is -2.37. The third-order valence-corrected chi connectivity index (χ3v) is 8.33. The van der Waals surface area contributed by atoms with Crippen LogP contribution in [-0.2, 0) is 4.79 Å².